The van der Waals surface area contributed by atoms with Gasteiger partial charge in [-0.1, -0.05) is 0 Å². The number of pyridine rings is 1. The van der Waals surface area contributed by atoms with Crippen molar-refractivity contribution in [3.63, 3.8) is 0 Å². The maximum Gasteiger partial charge on any atom is 0.227 e. The number of primary amides is 1. The second kappa shape index (κ2) is 10.3. The van der Waals surface area contributed by atoms with Gasteiger partial charge >= 0.3 is 0 Å². The van der Waals surface area contributed by atoms with Gasteiger partial charge in [-0.3, -0.25) is 14.6 Å². The van der Waals surface area contributed by atoms with E-state index in [1.807, 2.05) is 12.1 Å². The first-order valence-corrected chi connectivity index (χ1v) is 9.09. The van der Waals surface area contributed by atoms with Crippen LogP contribution in [0.3, 0.4) is 0 Å². The van der Waals surface area contributed by atoms with Gasteiger partial charge in [0.05, 0.1) is 12.9 Å². The van der Waals surface area contributed by atoms with E-state index in [0.717, 1.165) is 5.56 Å². The van der Waals surface area contributed by atoms with Crippen molar-refractivity contribution in [3.8, 4) is 11.5 Å². The fraction of sp³-hybridized carbons (Fsp3) is 0.278. The SMILES string of the molecule is COc1ccc(NC(=O)CCSCC(N)=O)cc1OCc1ccncc1. The number of ether oxygens (including phenoxy) is 2. The summed E-state index contributed by atoms with van der Waals surface area (Å²) in [5.74, 6) is 1.31. The highest BCUT2D eigenvalue weighted by Crippen LogP contribution is 2.31. The minimum absolute atomic E-state index is 0.146. The zero-order valence-electron chi connectivity index (χ0n) is 14.4. The Hall–Kier alpha value is -2.74. The number of rotatable bonds is 10. The lowest BCUT2D eigenvalue weighted by atomic mass is 10.2. The molecule has 2 rings (SSSR count). The topological polar surface area (TPSA) is 104 Å². The van der Waals surface area contributed by atoms with Gasteiger partial charge in [0.15, 0.2) is 11.5 Å². The summed E-state index contributed by atoms with van der Waals surface area (Å²) in [7, 11) is 1.56. The maximum absolute atomic E-state index is 12.0. The molecule has 8 heteroatoms. The van der Waals surface area contributed by atoms with Crippen LogP contribution in [0.5, 0.6) is 11.5 Å². The van der Waals surface area contributed by atoms with Crippen LogP contribution in [-0.2, 0) is 16.2 Å². The largest absolute Gasteiger partial charge is 0.493 e. The van der Waals surface area contributed by atoms with Crippen molar-refractivity contribution in [2.24, 2.45) is 5.73 Å². The molecule has 0 aliphatic carbocycles. The van der Waals surface area contributed by atoms with E-state index in [4.69, 9.17) is 15.2 Å². The number of carbonyl (C=O) groups is 2. The molecule has 2 amide bonds. The van der Waals surface area contributed by atoms with Crippen molar-refractivity contribution in [1.29, 1.82) is 0 Å². The zero-order valence-corrected chi connectivity index (χ0v) is 15.3. The third-order valence-electron chi connectivity index (χ3n) is 3.31. The molecule has 0 aliphatic heterocycles. The smallest absolute Gasteiger partial charge is 0.227 e. The predicted molar refractivity (Wildman–Crippen MR) is 101 cm³/mol. The first kappa shape index (κ1) is 19.6. The van der Waals surface area contributed by atoms with Gasteiger partial charge in [-0.2, -0.15) is 11.8 Å². The van der Waals surface area contributed by atoms with Gasteiger partial charge < -0.3 is 20.5 Å². The van der Waals surface area contributed by atoms with Crippen LogP contribution in [0.1, 0.15) is 12.0 Å². The fourth-order valence-electron chi connectivity index (χ4n) is 2.07. The van der Waals surface area contributed by atoms with Gasteiger partial charge in [-0.15, -0.1) is 0 Å². The number of methoxy groups -OCH3 is 1. The summed E-state index contributed by atoms with van der Waals surface area (Å²) < 4.78 is 11.1. The standard InChI is InChI=1S/C18H21N3O4S/c1-24-15-3-2-14(21-18(23)6-9-26-12-17(19)22)10-16(15)25-11-13-4-7-20-8-5-13/h2-5,7-8,10H,6,9,11-12H2,1H3,(H2,19,22)(H,21,23). The predicted octanol–water partition coefficient (Wildman–Crippen LogP) is 2.22. The normalized spacial score (nSPS) is 10.2. The molecule has 0 unspecified atom stereocenters. The number of nitrogens with zero attached hydrogens (tertiary/aromatic N) is 1. The lowest BCUT2D eigenvalue weighted by Crippen LogP contribution is -2.15. The fourth-order valence-corrected chi connectivity index (χ4v) is 2.74. The minimum atomic E-state index is -0.387. The lowest BCUT2D eigenvalue weighted by molar-refractivity contribution is -0.116. The summed E-state index contributed by atoms with van der Waals surface area (Å²) in [4.78, 5) is 26.6. The molecule has 0 atom stereocenters. The molecular weight excluding hydrogens is 354 g/mol. The number of aromatic nitrogens is 1. The number of hydrogen-bond donors (Lipinski definition) is 2. The number of nitrogens with one attached hydrogen (secondary N) is 1. The minimum Gasteiger partial charge on any atom is -0.493 e. The summed E-state index contributed by atoms with van der Waals surface area (Å²) >= 11 is 1.33. The molecule has 0 spiro atoms. The molecule has 1 heterocycles. The average molecular weight is 375 g/mol. The van der Waals surface area contributed by atoms with Gasteiger partial charge in [-0.25, -0.2) is 0 Å². The van der Waals surface area contributed by atoms with Gasteiger partial charge in [0.25, 0.3) is 0 Å². The molecular formula is C18H21N3O4S. The Labute approximate surface area is 156 Å². The molecule has 1 aromatic carbocycles. The van der Waals surface area contributed by atoms with Gasteiger partial charge in [-0.05, 0) is 29.8 Å². The first-order valence-electron chi connectivity index (χ1n) is 7.94. The van der Waals surface area contributed by atoms with Crippen LogP contribution in [0, 0.1) is 0 Å². The van der Waals surface area contributed by atoms with E-state index in [1.165, 1.54) is 11.8 Å². The number of anilines is 1. The Morgan fingerprint density at radius 2 is 1.96 bits per heavy atom. The van der Waals surface area contributed by atoms with Crippen molar-refractivity contribution in [3.05, 3.63) is 48.3 Å². The van der Waals surface area contributed by atoms with Crippen LogP contribution in [-0.4, -0.2) is 35.4 Å². The maximum atomic E-state index is 12.0. The Morgan fingerprint density at radius 3 is 2.65 bits per heavy atom. The molecule has 0 radical (unpaired) electrons. The molecule has 0 fully saturated rings. The average Bonchev–Trinajstić information content (AvgIpc) is 2.64. The van der Waals surface area contributed by atoms with E-state index in [-0.39, 0.29) is 24.0 Å². The first-order chi connectivity index (χ1) is 12.6. The van der Waals surface area contributed by atoms with Crippen LogP contribution < -0.4 is 20.5 Å². The van der Waals surface area contributed by atoms with E-state index in [0.29, 0.717) is 29.5 Å². The van der Waals surface area contributed by atoms with E-state index in [9.17, 15) is 9.59 Å². The quantitative estimate of drug-likeness (QED) is 0.617. The Kier molecular flexibility index (Phi) is 7.75. The summed E-state index contributed by atoms with van der Waals surface area (Å²) in [5.41, 5.74) is 6.64. The van der Waals surface area contributed by atoms with Crippen molar-refractivity contribution in [2.75, 3.05) is 23.9 Å². The van der Waals surface area contributed by atoms with Crippen molar-refractivity contribution >= 4 is 29.3 Å². The molecule has 0 saturated carbocycles. The lowest BCUT2D eigenvalue weighted by Gasteiger charge is -2.13. The van der Waals surface area contributed by atoms with Gasteiger partial charge in [0.1, 0.15) is 6.61 Å². The second-order valence-corrected chi connectivity index (χ2v) is 6.43. The van der Waals surface area contributed by atoms with Gasteiger partial charge in [0.2, 0.25) is 11.8 Å². The van der Waals surface area contributed by atoms with Crippen LogP contribution in [0.15, 0.2) is 42.7 Å². The molecule has 2 aromatic rings. The van der Waals surface area contributed by atoms with E-state index >= 15 is 0 Å². The highest BCUT2D eigenvalue weighted by Gasteiger charge is 2.09. The van der Waals surface area contributed by atoms with Crippen LogP contribution in [0.4, 0.5) is 5.69 Å². The van der Waals surface area contributed by atoms with Crippen LogP contribution in [0.25, 0.3) is 0 Å². The molecule has 7 nitrogen and oxygen atoms in total. The Balaban J connectivity index is 1.92. The van der Waals surface area contributed by atoms with Crippen molar-refractivity contribution in [1.82, 2.24) is 4.98 Å². The summed E-state index contributed by atoms with van der Waals surface area (Å²) in [5, 5.41) is 2.81. The number of nitrogens with two attached hydrogens (primary N) is 1. The number of hydrogen-bond acceptors (Lipinski definition) is 6. The molecule has 0 bridgehead atoms. The highest BCUT2D eigenvalue weighted by molar-refractivity contribution is 7.99. The number of carbonyl (C=O) groups excluding carboxylic acids is 2. The summed E-state index contributed by atoms with van der Waals surface area (Å²) in [6, 6.07) is 8.92. The Bertz CT molecular complexity index is 740. The number of amides is 2. The van der Waals surface area contributed by atoms with Gasteiger partial charge in [0, 0.05) is 36.3 Å². The third-order valence-corrected chi connectivity index (χ3v) is 4.29. The van der Waals surface area contributed by atoms with Crippen molar-refractivity contribution < 1.29 is 19.1 Å². The molecule has 26 heavy (non-hydrogen) atoms. The monoisotopic (exact) mass is 375 g/mol. The zero-order chi connectivity index (χ0) is 18.8. The highest BCUT2D eigenvalue weighted by atomic mass is 32.2. The molecule has 0 aliphatic rings. The Morgan fingerprint density at radius 1 is 1.19 bits per heavy atom. The van der Waals surface area contributed by atoms with Crippen molar-refractivity contribution in [2.45, 2.75) is 13.0 Å². The summed E-state index contributed by atoms with van der Waals surface area (Å²) in [6.45, 7) is 0.361. The molecule has 3 N–H and O–H groups in total. The molecule has 0 saturated heterocycles. The molecule has 1 aromatic heterocycles. The molecule has 138 valence electrons. The summed E-state index contributed by atoms with van der Waals surface area (Å²) in [6.07, 6.45) is 3.68. The second-order valence-electron chi connectivity index (χ2n) is 5.33. The van der Waals surface area contributed by atoms with E-state index < -0.39 is 0 Å². The van der Waals surface area contributed by atoms with E-state index in [2.05, 4.69) is 10.3 Å². The van der Waals surface area contributed by atoms with Crippen LogP contribution in [0.2, 0.25) is 0 Å². The third kappa shape index (κ3) is 6.64. The van der Waals surface area contributed by atoms with E-state index in [1.54, 1.807) is 37.7 Å². The number of thioether (sulfide) groups is 1. The number of benzene rings is 1. The van der Waals surface area contributed by atoms with Crippen LogP contribution >= 0.6 is 11.8 Å².